The highest BCUT2D eigenvalue weighted by molar-refractivity contribution is 5.91. The van der Waals surface area contributed by atoms with E-state index in [1.807, 2.05) is 6.92 Å². The third kappa shape index (κ3) is 9.43. The lowest BCUT2D eigenvalue weighted by Crippen LogP contribution is -2.30. The Kier molecular flexibility index (Phi) is 10.8. The summed E-state index contributed by atoms with van der Waals surface area (Å²) in [6, 6.07) is 0. The molecule has 0 saturated carbocycles. The molecule has 0 amide bonds. The summed E-state index contributed by atoms with van der Waals surface area (Å²) in [7, 11) is 0. The van der Waals surface area contributed by atoms with Gasteiger partial charge in [0.1, 0.15) is 0 Å². The molecule has 7 nitrogen and oxygen atoms in total. The van der Waals surface area contributed by atoms with E-state index in [9.17, 15) is 19.8 Å². The molecule has 2 rings (SSSR count). The van der Waals surface area contributed by atoms with Gasteiger partial charge in [0.2, 0.25) is 12.1 Å². The average Bonchev–Trinajstić information content (AvgIpc) is 3.19. The van der Waals surface area contributed by atoms with Gasteiger partial charge in [0, 0.05) is 24.2 Å². The first-order chi connectivity index (χ1) is 15.6. The molecule has 2 aliphatic heterocycles. The predicted octanol–water partition coefficient (Wildman–Crippen LogP) is 4.48. The van der Waals surface area contributed by atoms with E-state index in [0.717, 1.165) is 32.1 Å². The van der Waals surface area contributed by atoms with Crippen LogP contribution >= 0.6 is 0 Å². The zero-order valence-corrected chi connectivity index (χ0v) is 20.5. The van der Waals surface area contributed by atoms with Gasteiger partial charge in [-0.15, -0.1) is 0 Å². The first kappa shape index (κ1) is 27.3. The number of hydrogen-bond donors (Lipinski definition) is 2. The van der Waals surface area contributed by atoms with Crippen LogP contribution in [0.2, 0.25) is 0 Å². The summed E-state index contributed by atoms with van der Waals surface area (Å²) in [5, 5.41) is 20.6. The van der Waals surface area contributed by atoms with Crippen molar-refractivity contribution in [3.63, 3.8) is 0 Å². The van der Waals surface area contributed by atoms with E-state index < -0.39 is 18.0 Å². The number of carbonyl (C=O) groups is 2. The Morgan fingerprint density at radius 1 is 1.24 bits per heavy atom. The minimum absolute atomic E-state index is 0.232. The number of aliphatic hydroxyl groups is 2. The molecule has 0 aliphatic carbocycles. The number of esters is 2. The molecule has 0 spiro atoms. The molecule has 186 valence electrons. The number of rotatable bonds is 15. The van der Waals surface area contributed by atoms with Crippen LogP contribution < -0.4 is 0 Å². The summed E-state index contributed by atoms with van der Waals surface area (Å²) >= 11 is 0. The lowest BCUT2D eigenvalue weighted by molar-refractivity contribution is -0.183. The van der Waals surface area contributed by atoms with Crippen LogP contribution in [0.4, 0.5) is 0 Å². The van der Waals surface area contributed by atoms with Crippen LogP contribution in [0, 0.1) is 5.92 Å². The third-order valence-electron chi connectivity index (χ3n) is 6.07. The number of hydrogen-bond acceptors (Lipinski definition) is 7. The van der Waals surface area contributed by atoms with Crippen molar-refractivity contribution >= 4 is 11.9 Å². The monoisotopic (exact) mass is 464 g/mol. The van der Waals surface area contributed by atoms with Crippen molar-refractivity contribution in [3.05, 3.63) is 34.9 Å². The van der Waals surface area contributed by atoms with Crippen molar-refractivity contribution in [2.45, 2.75) is 104 Å². The maximum absolute atomic E-state index is 11.8. The molecule has 2 heterocycles. The molecule has 0 aromatic heterocycles. The molecule has 4 unspecified atom stereocenters. The Balaban J connectivity index is 1.57. The van der Waals surface area contributed by atoms with Gasteiger partial charge in [-0.3, -0.25) is 0 Å². The van der Waals surface area contributed by atoms with Gasteiger partial charge in [0.25, 0.3) is 0 Å². The first-order valence-corrected chi connectivity index (χ1v) is 12.1. The number of carbonyl (C=O) groups excluding carboxylic acids is 2. The Hall–Kier alpha value is -1.96. The number of ether oxygens (including phenoxy) is 3. The molecule has 4 atom stereocenters. The molecule has 7 heteroatoms. The van der Waals surface area contributed by atoms with Gasteiger partial charge in [-0.2, -0.15) is 0 Å². The quantitative estimate of drug-likeness (QED) is 0.272. The zero-order valence-electron chi connectivity index (χ0n) is 20.5. The second kappa shape index (κ2) is 13.1. The number of cyclic esters (lactones) is 2. The summed E-state index contributed by atoms with van der Waals surface area (Å²) in [6.07, 6.45) is 11.2. The zero-order chi connectivity index (χ0) is 24.4. The molecule has 0 bridgehead atoms. The molecule has 0 aromatic carbocycles. The van der Waals surface area contributed by atoms with Gasteiger partial charge >= 0.3 is 11.9 Å². The van der Waals surface area contributed by atoms with Crippen LogP contribution in [-0.2, 0) is 23.8 Å². The molecule has 0 aromatic rings. The Morgan fingerprint density at radius 3 is 2.67 bits per heavy atom. The molecule has 33 heavy (non-hydrogen) atoms. The van der Waals surface area contributed by atoms with E-state index in [4.69, 9.17) is 14.2 Å². The molecule has 0 fully saturated rings. The first-order valence-electron chi connectivity index (χ1n) is 12.1. The highest BCUT2D eigenvalue weighted by atomic mass is 16.7. The van der Waals surface area contributed by atoms with Gasteiger partial charge in [-0.1, -0.05) is 25.0 Å². The topological polar surface area (TPSA) is 102 Å². The largest absolute Gasteiger partial charge is 0.429 e. The molecule has 2 aliphatic rings. The molecular formula is C26H40O7. The van der Waals surface area contributed by atoms with Gasteiger partial charge in [0.05, 0.1) is 6.10 Å². The van der Waals surface area contributed by atoms with Gasteiger partial charge < -0.3 is 24.4 Å². The van der Waals surface area contributed by atoms with Crippen molar-refractivity contribution < 1.29 is 34.0 Å². The Morgan fingerprint density at radius 2 is 2.00 bits per heavy atom. The average molecular weight is 465 g/mol. The fraction of sp³-hybridized carbons (Fsp3) is 0.692. The van der Waals surface area contributed by atoms with Crippen LogP contribution in [0.1, 0.15) is 85.5 Å². The predicted molar refractivity (Wildman–Crippen MR) is 125 cm³/mol. The Bertz CT molecular complexity index is 767. The van der Waals surface area contributed by atoms with Crippen LogP contribution in [0.15, 0.2) is 34.9 Å². The summed E-state index contributed by atoms with van der Waals surface area (Å²) in [4.78, 5) is 23.2. The third-order valence-corrected chi connectivity index (χ3v) is 6.07. The smallest absolute Gasteiger partial charge is 0.336 e. The fourth-order valence-electron chi connectivity index (χ4n) is 4.27. The summed E-state index contributed by atoms with van der Waals surface area (Å²) in [6.45, 7) is 8.15. The van der Waals surface area contributed by atoms with Gasteiger partial charge in [-0.05, 0) is 83.8 Å². The summed E-state index contributed by atoms with van der Waals surface area (Å²) in [5.41, 5.74) is 2.38. The molecular weight excluding hydrogens is 424 g/mol. The highest BCUT2D eigenvalue weighted by Crippen LogP contribution is 2.30. The van der Waals surface area contributed by atoms with E-state index in [2.05, 4.69) is 19.9 Å². The second-order valence-electron chi connectivity index (χ2n) is 9.36. The van der Waals surface area contributed by atoms with Crippen LogP contribution in [0.25, 0.3) is 0 Å². The fourth-order valence-corrected chi connectivity index (χ4v) is 4.27. The second-order valence-corrected chi connectivity index (χ2v) is 9.36. The number of allylic oxidation sites excluding steroid dienone is 2. The highest BCUT2D eigenvalue weighted by Gasteiger charge is 2.37. The lowest BCUT2D eigenvalue weighted by Gasteiger charge is -2.23. The molecule has 0 radical (unpaired) electrons. The van der Waals surface area contributed by atoms with Gasteiger partial charge in [-0.25, -0.2) is 9.59 Å². The van der Waals surface area contributed by atoms with Crippen molar-refractivity contribution in [1.82, 2.24) is 0 Å². The minimum Gasteiger partial charge on any atom is -0.429 e. The van der Waals surface area contributed by atoms with E-state index >= 15 is 0 Å². The van der Waals surface area contributed by atoms with Crippen molar-refractivity contribution in [3.8, 4) is 0 Å². The minimum atomic E-state index is -1.46. The van der Waals surface area contributed by atoms with E-state index in [1.54, 1.807) is 13.0 Å². The van der Waals surface area contributed by atoms with Crippen molar-refractivity contribution in [1.29, 1.82) is 0 Å². The van der Waals surface area contributed by atoms with E-state index in [1.165, 1.54) is 11.6 Å². The maximum atomic E-state index is 11.8. The SMILES string of the molecule is CCOC1C=C(CCCC(O)CCC=C(C)CCCC(C)CC2(O)C=C(C)C(=O)O2)C(=O)O1. The van der Waals surface area contributed by atoms with Crippen molar-refractivity contribution in [2.75, 3.05) is 6.61 Å². The number of aliphatic hydroxyl groups excluding tert-OH is 1. The summed E-state index contributed by atoms with van der Waals surface area (Å²) < 4.78 is 15.4. The van der Waals surface area contributed by atoms with Crippen LogP contribution in [0.5, 0.6) is 0 Å². The maximum Gasteiger partial charge on any atom is 0.336 e. The molecule has 2 N–H and O–H groups in total. The van der Waals surface area contributed by atoms with E-state index in [0.29, 0.717) is 43.4 Å². The standard InChI is InChI=1S/C26H40O7/c1-5-31-23-15-21(25(29)32-23)12-8-14-22(27)13-7-10-18(2)9-6-11-19(3)16-26(30)17-20(4)24(28)33-26/h10,15,17,19,22-23,27,30H,5-9,11-14,16H2,1-4H3. The lowest BCUT2D eigenvalue weighted by atomic mass is 9.94. The molecule has 0 saturated heterocycles. The van der Waals surface area contributed by atoms with Crippen molar-refractivity contribution in [2.24, 2.45) is 5.92 Å². The van der Waals surface area contributed by atoms with Gasteiger partial charge in [0.15, 0.2) is 0 Å². The Labute approximate surface area is 197 Å². The normalized spacial score (nSPS) is 24.9. The summed E-state index contributed by atoms with van der Waals surface area (Å²) in [5.74, 6) is -1.99. The van der Waals surface area contributed by atoms with Crippen LogP contribution in [0.3, 0.4) is 0 Å². The van der Waals surface area contributed by atoms with Crippen LogP contribution in [-0.4, -0.2) is 46.9 Å². The van der Waals surface area contributed by atoms with E-state index in [-0.39, 0.29) is 18.0 Å².